The van der Waals surface area contributed by atoms with Gasteiger partial charge in [-0.3, -0.25) is 4.79 Å². The molecule has 3 nitrogen and oxygen atoms in total. The molecule has 1 aromatic heterocycles. The highest BCUT2D eigenvalue weighted by atomic mass is 35.5. The Morgan fingerprint density at radius 2 is 2.11 bits per heavy atom. The van der Waals surface area contributed by atoms with Crippen LogP contribution in [0.3, 0.4) is 0 Å². The number of nitrogens with zero attached hydrogens (tertiary/aromatic N) is 1. The normalized spacial score (nSPS) is 12.7. The van der Waals surface area contributed by atoms with Gasteiger partial charge in [0.2, 0.25) is 5.91 Å². The molecule has 0 unspecified atom stereocenters. The summed E-state index contributed by atoms with van der Waals surface area (Å²) in [4.78, 5) is 15.1. The predicted molar refractivity (Wildman–Crippen MR) is 80.3 cm³/mol. The molecule has 0 aliphatic rings. The van der Waals surface area contributed by atoms with Crippen LogP contribution in [0, 0.1) is 5.41 Å². The minimum atomic E-state index is -0.434. The van der Waals surface area contributed by atoms with E-state index in [2.05, 4.69) is 11.4 Å². The van der Waals surface area contributed by atoms with Crippen molar-refractivity contribution in [1.82, 2.24) is 4.90 Å². The fraction of sp³-hybridized carbons (Fsp3) is 0.615. The quantitative estimate of drug-likeness (QED) is 0.926. The molecule has 0 bridgehead atoms. The third-order valence-corrected chi connectivity index (χ3v) is 3.79. The van der Waals surface area contributed by atoms with Crippen LogP contribution in [-0.2, 0) is 11.2 Å². The molecule has 0 radical (unpaired) electrons. The molecule has 2 N–H and O–H groups in total. The largest absolute Gasteiger partial charge is 0.344 e. The molecule has 0 aliphatic carbocycles. The van der Waals surface area contributed by atoms with Gasteiger partial charge in [0.25, 0.3) is 0 Å². The lowest BCUT2D eigenvalue weighted by molar-refractivity contribution is -0.133. The summed E-state index contributed by atoms with van der Waals surface area (Å²) in [6.07, 6.45) is 0.900. The minimum absolute atomic E-state index is 0. The topological polar surface area (TPSA) is 46.3 Å². The van der Waals surface area contributed by atoms with Crippen LogP contribution in [0.2, 0.25) is 0 Å². The molecule has 5 heteroatoms. The third-order valence-electron chi connectivity index (χ3n) is 2.85. The van der Waals surface area contributed by atoms with E-state index in [1.54, 1.807) is 16.2 Å². The number of amides is 1. The second-order valence-electron chi connectivity index (χ2n) is 5.43. The lowest BCUT2D eigenvalue weighted by Gasteiger charge is -2.29. The van der Waals surface area contributed by atoms with Crippen LogP contribution in [0.15, 0.2) is 17.5 Å². The van der Waals surface area contributed by atoms with Crippen molar-refractivity contribution in [2.45, 2.75) is 33.2 Å². The van der Waals surface area contributed by atoms with Crippen LogP contribution in [0.4, 0.5) is 0 Å². The number of nitrogens with two attached hydrogens (primary N) is 1. The van der Waals surface area contributed by atoms with E-state index in [-0.39, 0.29) is 23.7 Å². The molecule has 1 amide bonds. The Morgan fingerprint density at radius 3 is 2.56 bits per heavy atom. The number of halogens is 1. The SMILES string of the molecule is CN(CCc1cccs1)C(=O)[C@@H](N)C(C)(C)C.Cl. The summed E-state index contributed by atoms with van der Waals surface area (Å²) >= 11 is 1.72. The number of thiophene rings is 1. The van der Waals surface area contributed by atoms with Gasteiger partial charge in [-0.05, 0) is 23.3 Å². The average molecular weight is 291 g/mol. The van der Waals surface area contributed by atoms with Crippen molar-refractivity contribution in [1.29, 1.82) is 0 Å². The predicted octanol–water partition coefficient (Wildman–Crippen LogP) is 2.54. The molecular weight excluding hydrogens is 268 g/mol. The number of carbonyl (C=O) groups is 1. The molecule has 0 fully saturated rings. The van der Waals surface area contributed by atoms with Crippen LogP contribution in [0.5, 0.6) is 0 Å². The highest BCUT2D eigenvalue weighted by Gasteiger charge is 2.29. The molecule has 1 heterocycles. The van der Waals surface area contributed by atoms with Crippen molar-refractivity contribution in [2.75, 3.05) is 13.6 Å². The summed E-state index contributed by atoms with van der Waals surface area (Å²) < 4.78 is 0. The van der Waals surface area contributed by atoms with Crippen LogP contribution < -0.4 is 5.73 Å². The van der Waals surface area contributed by atoms with Gasteiger partial charge in [-0.2, -0.15) is 0 Å². The van der Waals surface area contributed by atoms with E-state index in [4.69, 9.17) is 5.73 Å². The second kappa shape index (κ2) is 7.12. The summed E-state index contributed by atoms with van der Waals surface area (Å²) in [7, 11) is 1.82. The van der Waals surface area contributed by atoms with Crippen LogP contribution >= 0.6 is 23.7 Å². The minimum Gasteiger partial charge on any atom is -0.344 e. The Labute approximate surface area is 120 Å². The molecule has 0 aromatic carbocycles. The Bertz CT molecular complexity index is 360. The first-order valence-electron chi connectivity index (χ1n) is 5.85. The zero-order valence-electron chi connectivity index (χ0n) is 11.5. The Morgan fingerprint density at radius 1 is 1.50 bits per heavy atom. The van der Waals surface area contributed by atoms with E-state index in [0.717, 1.165) is 13.0 Å². The van der Waals surface area contributed by atoms with E-state index in [9.17, 15) is 4.79 Å². The molecule has 1 rings (SSSR count). The Balaban J connectivity index is 0.00000289. The van der Waals surface area contributed by atoms with Gasteiger partial charge in [0.1, 0.15) is 0 Å². The Hall–Kier alpha value is -0.580. The van der Waals surface area contributed by atoms with Crippen molar-refractivity contribution in [2.24, 2.45) is 11.1 Å². The zero-order chi connectivity index (χ0) is 13.1. The maximum atomic E-state index is 12.1. The Kier molecular flexibility index (Phi) is 6.89. The van der Waals surface area contributed by atoms with Crippen LogP contribution in [0.25, 0.3) is 0 Å². The summed E-state index contributed by atoms with van der Waals surface area (Å²) in [5.74, 6) is 0.0223. The van der Waals surface area contributed by atoms with E-state index >= 15 is 0 Å². The molecule has 0 saturated carbocycles. The molecule has 0 spiro atoms. The lowest BCUT2D eigenvalue weighted by atomic mass is 9.86. The van der Waals surface area contributed by atoms with Gasteiger partial charge in [-0.25, -0.2) is 0 Å². The average Bonchev–Trinajstić information content (AvgIpc) is 2.75. The van der Waals surface area contributed by atoms with Crippen molar-refractivity contribution in [3.8, 4) is 0 Å². The number of carbonyl (C=O) groups excluding carboxylic acids is 1. The lowest BCUT2D eigenvalue weighted by Crippen LogP contribution is -2.49. The molecule has 1 aromatic rings. The first kappa shape index (κ1) is 17.4. The standard InChI is InChI=1S/C13H22N2OS.ClH/c1-13(2,3)11(14)12(16)15(4)8-7-10-6-5-9-17-10;/h5-6,9,11H,7-8,14H2,1-4H3;1H/t11-;/m1./s1. The molecule has 0 saturated heterocycles. The van der Waals surface area contributed by atoms with Crippen LogP contribution in [-0.4, -0.2) is 30.4 Å². The highest BCUT2D eigenvalue weighted by molar-refractivity contribution is 7.09. The maximum Gasteiger partial charge on any atom is 0.239 e. The van der Waals surface area contributed by atoms with Crippen molar-refractivity contribution in [3.63, 3.8) is 0 Å². The maximum absolute atomic E-state index is 12.1. The first-order chi connectivity index (χ1) is 7.82. The van der Waals surface area contributed by atoms with E-state index in [1.165, 1.54) is 4.88 Å². The molecule has 1 atom stereocenters. The van der Waals surface area contributed by atoms with Gasteiger partial charge in [0.15, 0.2) is 0 Å². The number of hydrogen-bond acceptors (Lipinski definition) is 3. The van der Waals surface area contributed by atoms with Gasteiger partial charge < -0.3 is 10.6 Å². The smallest absolute Gasteiger partial charge is 0.239 e. The van der Waals surface area contributed by atoms with Gasteiger partial charge in [0, 0.05) is 18.5 Å². The van der Waals surface area contributed by atoms with Crippen molar-refractivity contribution < 1.29 is 4.79 Å². The first-order valence-corrected chi connectivity index (χ1v) is 6.73. The molecular formula is C13H23ClN2OS. The summed E-state index contributed by atoms with van der Waals surface area (Å²) in [5, 5.41) is 2.05. The van der Waals surface area contributed by atoms with Crippen molar-refractivity contribution in [3.05, 3.63) is 22.4 Å². The zero-order valence-corrected chi connectivity index (χ0v) is 13.1. The monoisotopic (exact) mass is 290 g/mol. The van der Waals surface area contributed by atoms with Crippen molar-refractivity contribution >= 4 is 29.7 Å². The van der Waals surface area contributed by atoms with Crippen LogP contribution in [0.1, 0.15) is 25.6 Å². The summed E-state index contributed by atoms with van der Waals surface area (Å²) in [5.41, 5.74) is 5.77. The van der Waals surface area contributed by atoms with Gasteiger partial charge in [0.05, 0.1) is 6.04 Å². The summed E-state index contributed by atoms with van der Waals surface area (Å²) in [6.45, 7) is 6.69. The second-order valence-corrected chi connectivity index (χ2v) is 6.47. The van der Waals surface area contributed by atoms with E-state index < -0.39 is 6.04 Å². The molecule has 104 valence electrons. The molecule has 0 aliphatic heterocycles. The van der Waals surface area contributed by atoms with Gasteiger partial charge in [-0.15, -0.1) is 23.7 Å². The van der Waals surface area contributed by atoms with E-state index in [1.807, 2.05) is 33.9 Å². The van der Waals surface area contributed by atoms with Gasteiger partial charge in [-0.1, -0.05) is 26.8 Å². The van der Waals surface area contributed by atoms with E-state index in [0.29, 0.717) is 0 Å². The third kappa shape index (κ3) is 4.96. The highest BCUT2D eigenvalue weighted by Crippen LogP contribution is 2.19. The molecule has 18 heavy (non-hydrogen) atoms. The number of rotatable bonds is 4. The fourth-order valence-corrected chi connectivity index (χ4v) is 2.15. The summed E-state index contributed by atoms with van der Waals surface area (Å²) in [6, 6.07) is 3.69. The van der Waals surface area contributed by atoms with Gasteiger partial charge >= 0.3 is 0 Å². The fourth-order valence-electron chi connectivity index (χ4n) is 1.45. The number of likely N-dealkylation sites (N-methyl/N-ethyl adjacent to an activating group) is 1. The number of hydrogen-bond donors (Lipinski definition) is 1.